The van der Waals surface area contributed by atoms with Gasteiger partial charge in [0, 0.05) is 32.3 Å². The second-order valence-electron chi connectivity index (χ2n) is 5.21. The van der Waals surface area contributed by atoms with Crippen LogP contribution in [0.1, 0.15) is 38.5 Å². The zero-order valence-electron chi connectivity index (χ0n) is 10.6. The van der Waals surface area contributed by atoms with E-state index in [9.17, 15) is 0 Å². The molecule has 1 aliphatic carbocycles. The Morgan fingerprint density at radius 3 is 2.75 bits per heavy atom. The van der Waals surface area contributed by atoms with Crippen LogP contribution >= 0.6 is 0 Å². The third kappa shape index (κ3) is 3.44. The summed E-state index contributed by atoms with van der Waals surface area (Å²) in [7, 11) is 1.79. The van der Waals surface area contributed by atoms with Gasteiger partial charge in [-0.1, -0.05) is 12.8 Å². The molecule has 1 saturated carbocycles. The van der Waals surface area contributed by atoms with Gasteiger partial charge in [-0.3, -0.25) is 4.90 Å². The molecule has 2 aliphatic rings. The van der Waals surface area contributed by atoms with E-state index in [1.54, 1.807) is 7.11 Å². The van der Waals surface area contributed by atoms with Crippen molar-refractivity contribution in [1.29, 1.82) is 0 Å². The van der Waals surface area contributed by atoms with Gasteiger partial charge in [0.2, 0.25) is 0 Å². The molecule has 0 aromatic carbocycles. The van der Waals surface area contributed by atoms with Crippen LogP contribution in [-0.2, 0) is 4.74 Å². The molecular formula is C13H26N2O. The molecule has 94 valence electrons. The minimum Gasteiger partial charge on any atom is -0.383 e. The minimum atomic E-state index is 0.760. The molecule has 0 bridgehead atoms. The van der Waals surface area contributed by atoms with Crippen LogP contribution in [0, 0.1) is 0 Å². The van der Waals surface area contributed by atoms with E-state index in [-0.39, 0.29) is 0 Å². The van der Waals surface area contributed by atoms with E-state index in [0.717, 1.165) is 25.2 Å². The fourth-order valence-electron chi connectivity index (χ4n) is 3.06. The van der Waals surface area contributed by atoms with Gasteiger partial charge in [0.15, 0.2) is 0 Å². The van der Waals surface area contributed by atoms with Crippen molar-refractivity contribution >= 4 is 0 Å². The Hall–Kier alpha value is -0.120. The van der Waals surface area contributed by atoms with E-state index in [4.69, 9.17) is 4.74 Å². The normalized spacial score (nSPS) is 27.9. The van der Waals surface area contributed by atoms with Gasteiger partial charge in [-0.25, -0.2) is 0 Å². The molecule has 1 heterocycles. The predicted molar refractivity (Wildman–Crippen MR) is 66.7 cm³/mol. The molecule has 0 amide bonds. The molecule has 1 saturated heterocycles. The molecular weight excluding hydrogens is 200 g/mol. The molecule has 1 atom stereocenters. The molecule has 2 fully saturated rings. The number of likely N-dealkylation sites (tertiary alicyclic amines) is 1. The summed E-state index contributed by atoms with van der Waals surface area (Å²) in [6.45, 7) is 4.43. The first-order chi connectivity index (χ1) is 7.90. The minimum absolute atomic E-state index is 0.760. The number of ether oxygens (including phenoxy) is 1. The Kier molecular flexibility index (Phi) is 5.07. The number of rotatable bonds is 6. The van der Waals surface area contributed by atoms with Crippen molar-refractivity contribution in [3.8, 4) is 0 Å². The molecule has 1 N–H and O–H groups in total. The summed E-state index contributed by atoms with van der Waals surface area (Å²) in [6, 6.07) is 1.57. The van der Waals surface area contributed by atoms with Gasteiger partial charge in [0.25, 0.3) is 0 Å². The highest BCUT2D eigenvalue weighted by molar-refractivity contribution is 4.83. The van der Waals surface area contributed by atoms with Crippen LogP contribution in [0.25, 0.3) is 0 Å². The Morgan fingerprint density at radius 2 is 2.00 bits per heavy atom. The maximum atomic E-state index is 5.17. The van der Waals surface area contributed by atoms with Gasteiger partial charge in [0.1, 0.15) is 0 Å². The molecule has 1 unspecified atom stereocenters. The van der Waals surface area contributed by atoms with Gasteiger partial charge >= 0.3 is 0 Å². The highest BCUT2D eigenvalue weighted by Crippen LogP contribution is 2.20. The molecule has 3 heteroatoms. The molecule has 3 nitrogen and oxygen atoms in total. The van der Waals surface area contributed by atoms with Crippen molar-refractivity contribution in [3.63, 3.8) is 0 Å². The standard InChI is InChI=1S/C13H26N2O/c1-16-10-9-15-8-4-7-13(15)11-14-12-5-2-3-6-12/h12-14H,2-11H2,1H3. The van der Waals surface area contributed by atoms with E-state index < -0.39 is 0 Å². The van der Waals surface area contributed by atoms with Crippen molar-refractivity contribution in [2.45, 2.75) is 50.6 Å². The number of nitrogens with zero attached hydrogens (tertiary/aromatic N) is 1. The quantitative estimate of drug-likeness (QED) is 0.745. The van der Waals surface area contributed by atoms with Crippen LogP contribution in [0.5, 0.6) is 0 Å². The zero-order chi connectivity index (χ0) is 11.2. The summed E-state index contributed by atoms with van der Waals surface area (Å²) in [5, 5.41) is 3.75. The van der Waals surface area contributed by atoms with Crippen molar-refractivity contribution < 1.29 is 4.74 Å². The summed E-state index contributed by atoms with van der Waals surface area (Å²) in [5.74, 6) is 0. The maximum absolute atomic E-state index is 5.17. The fraction of sp³-hybridized carbons (Fsp3) is 1.00. The monoisotopic (exact) mass is 226 g/mol. The third-order valence-electron chi connectivity index (χ3n) is 4.08. The lowest BCUT2D eigenvalue weighted by molar-refractivity contribution is 0.139. The van der Waals surface area contributed by atoms with Crippen molar-refractivity contribution in [2.24, 2.45) is 0 Å². The highest BCUT2D eigenvalue weighted by Gasteiger charge is 2.25. The Labute approximate surface area is 99.5 Å². The van der Waals surface area contributed by atoms with E-state index in [2.05, 4.69) is 10.2 Å². The van der Waals surface area contributed by atoms with Crippen LogP contribution in [0.4, 0.5) is 0 Å². The smallest absolute Gasteiger partial charge is 0.0589 e. The Balaban J connectivity index is 1.66. The lowest BCUT2D eigenvalue weighted by Gasteiger charge is -2.25. The summed E-state index contributed by atoms with van der Waals surface area (Å²) in [4.78, 5) is 2.59. The lowest BCUT2D eigenvalue weighted by Crippen LogP contribution is -2.42. The van der Waals surface area contributed by atoms with Gasteiger partial charge in [-0.2, -0.15) is 0 Å². The van der Waals surface area contributed by atoms with Gasteiger partial charge in [-0.15, -0.1) is 0 Å². The number of hydrogen-bond acceptors (Lipinski definition) is 3. The van der Waals surface area contributed by atoms with Crippen LogP contribution in [-0.4, -0.2) is 50.3 Å². The lowest BCUT2D eigenvalue weighted by atomic mass is 10.2. The topological polar surface area (TPSA) is 24.5 Å². The summed E-state index contributed by atoms with van der Waals surface area (Å²) < 4.78 is 5.17. The number of hydrogen-bond donors (Lipinski definition) is 1. The predicted octanol–water partition coefficient (Wildman–Crippen LogP) is 1.63. The van der Waals surface area contributed by atoms with E-state index >= 15 is 0 Å². The summed E-state index contributed by atoms with van der Waals surface area (Å²) >= 11 is 0. The molecule has 0 aromatic heterocycles. The Morgan fingerprint density at radius 1 is 1.19 bits per heavy atom. The van der Waals surface area contributed by atoms with Gasteiger partial charge < -0.3 is 10.1 Å². The fourth-order valence-corrected chi connectivity index (χ4v) is 3.06. The first-order valence-corrected chi connectivity index (χ1v) is 6.86. The van der Waals surface area contributed by atoms with Crippen LogP contribution in [0.15, 0.2) is 0 Å². The zero-order valence-corrected chi connectivity index (χ0v) is 10.6. The van der Waals surface area contributed by atoms with Crippen LogP contribution < -0.4 is 5.32 Å². The Bertz CT molecular complexity index is 192. The summed E-state index contributed by atoms with van der Waals surface area (Å²) in [6.07, 6.45) is 8.37. The third-order valence-corrected chi connectivity index (χ3v) is 4.08. The molecule has 1 aliphatic heterocycles. The number of methoxy groups -OCH3 is 1. The van der Waals surface area contributed by atoms with Crippen LogP contribution in [0.2, 0.25) is 0 Å². The van der Waals surface area contributed by atoms with Crippen LogP contribution in [0.3, 0.4) is 0 Å². The average Bonchev–Trinajstić information content (AvgIpc) is 2.94. The number of nitrogens with one attached hydrogen (secondary N) is 1. The summed E-state index contributed by atoms with van der Waals surface area (Å²) in [5.41, 5.74) is 0. The van der Waals surface area contributed by atoms with Gasteiger partial charge in [-0.05, 0) is 32.2 Å². The maximum Gasteiger partial charge on any atom is 0.0589 e. The van der Waals surface area contributed by atoms with E-state index in [1.165, 1.54) is 51.6 Å². The molecule has 16 heavy (non-hydrogen) atoms. The largest absolute Gasteiger partial charge is 0.383 e. The van der Waals surface area contributed by atoms with E-state index in [0.29, 0.717) is 0 Å². The van der Waals surface area contributed by atoms with Crippen molar-refractivity contribution in [3.05, 3.63) is 0 Å². The van der Waals surface area contributed by atoms with Gasteiger partial charge in [0.05, 0.1) is 6.61 Å². The van der Waals surface area contributed by atoms with Crippen molar-refractivity contribution in [2.75, 3.05) is 33.4 Å². The average molecular weight is 226 g/mol. The van der Waals surface area contributed by atoms with E-state index in [1.807, 2.05) is 0 Å². The molecule has 2 rings (SSSR count). The SMILES string of the molecule is COCCN1CCCC1CNC1CCCC1. The van der Waals surface area contributed by atoms with Crippen molar-refractivity contribution in [1.82, 2.24) is 10.2 Å². The highest BCUT2D eigenvalue weighted by atomic mass is 16.5. The second-order valence-corrected chi connectivity index (χ2v) is 5.21. The first kappa shape index (κ1) is 12.3. The second kappa shape index (κ2) is 6.58. The first-order valence-electron chi connectivity index (χ1n) is 6.86. The molecule has 0 spiro atoms. The molecule has 0 aromatic rings. The molecule has 0 radical (unpaired) electrons.